The summed E-state index contributed by atoms with van der Waals surface area (Å²) >= 11 is 1.34. The van der Waals surface area contributed by atoms with Crippen molar-refractivity contribution in [3.05, 3.63) is 76.9 Å². The molecule has 0 aliphatic carbocycles. The molecule has 2 aromatic carbocycles. The standard InChI is InChI=1S/C22H19N3O2S/c1-14-6-8-17(9-7-14)24-22-25(2)21(26)20(28-22)13-18-10-11-19(27-18)15-4-3-5-16(23)12-15/h3-13H,23H2,1-2H3/b20-13-,24-22?. The van der Waals surface area contributed by atoms with Gasteiger partial charge in [-0.15, -0.1) is 0 Å². The van der Waals surface area contributed by atoms with Crippen molar-refractivity contribution in [2.75, 3.05) is 12.8 Å². The molecule has 5 nitrogen and oxygen atoms in total. The molecule has 0 atom stereocenters. The molecule has 140 valence electrons. The van der Waals surface area contributed by atoms with Crippen molar-refractivity contribution in [3.8, 4) is 11.3 Å². The number of nitrogens with zero attached hydrogens (tertiary/aromatic N) is 2. The number of carbonyl (C=O) groups excluding carboxylic acids is 1. The highest BCUT2D eigenvalue weighted by Gasteiger charge is 2.30. The number of hydrogen-bond acceptors (Lipinski definition) is 5. The van der Waals surface area contributed by atoms with Crippen LogP contribution in [-0.2, 0) is 4.79 Å². The van der Waals surface area contributed by atoms with Crippen LogP contribution in [-0.4, -0.2) is 23.0 Å². The molecule has 1 aliphatic heterocycles. The van der Waals surface area contributed by atoms with Gasteiger partial charge < -0.3 is 10.2 Å². The van der Waals surface area contributed by atoms with E-state index < -0.39 is 0 Å². The minimum absolute atomic E-state index is 0.0993. The second kappa shape index (κ2) is 7.40. The summed E-state index contributed by atoms with van der Waals surface area (Å²) < 4.78 is 5.88. The number of furan rings is 1. The third kappa shape index (κ3) is 3.73. The van der Waals surface area contributed by atoms with Crippen molar-refractivity contribution in [1.82, 2.24) is 4.90 Å². The van der Waals surface area contributed by atoms with Crippen LogP contribution in [0.4, 0.5) is 11.4 Å². The highest BCUT2D eigenvalue weighted by molar-refractivity contribution is 8.18. The van der Waals surface area contributed by atoms with Crippen LogP contribution >= 0.6 is 11.8 Å². The number of carbonyl (C=O) groups is 1. The Labute approximate surface area is 167 Å². The van der Waals surface area contributed by atoms with Crippen LogP contribution in [0.25, 0.3) is 17.4 Å². The first-order chi connectivity index (χ1) is 13.5. The molecule has 0 radical (unpaired) electrons. The predicted octanol–water partition coefficient (Wildman–Crippen LogP) is 5.07. The Kier molecular flexibility index (Phi) is 4.79. The number of amidine groups is 1. The molecule has 1 fully saturated rings. The van der Waals surface area contributed by atoms with E-state index >= 15 is 0 Å². The summed E-state index contributed by atoms with van der Waals surface area (Å²) in [5.74, 6) is 1.22. The Morgan fingerprint density at radius 3 is 2.64 bits per heavy atom. The number of anilines is 1. The molecule has 0 saturated carbocycles. The van der Waals surface area contributed by atoms with E-state index in [9.17, 15) is 4.79 Å². The topological polar surface area (TPSA) is 71.8 Å². The van der Waals surface area contributed by atoms with Gasteiger partial charge in [-0.25, -0.2) is 4.99 Å². The summed E-state index contributed by atoms with van der Waals surface area (Å²) in [6.07, 6.45) is 1.75. The van der Waals surface area contributed by atoms with Crippen molar-refractivity contribution in [2.45, 2.75) is 6.92 Å². The Morgan fingerprint density at radius 1 is 1.11 bits per heavy atom. The minimum Gasteiger partial charge on any atom is -0.457 e. The molecule has 0 unspecified atom stereocenters. The zero-order valence-corrected chi connectivity index (χ0v) is 16.4. The molecule has 2 N–H and O–H groups in total. The fourth-order valence-corrected chi connectivity index (χ4v) is 3.75. The number of amides is 1. The van der Waals surface area contributed by atoms with Crippen LogP contribution in [0, 0.1) is 6.92 Å². The van der Waals surface area contributed by atoms with Crippen molar-refractivity contribution in [1.29, 1.82) is 0 Å². The fourth-order valence-electron chi connectivity index (χ4n) is 2.79. The SMILES string of the molecule is Cc1ccc(N=C2S/C(=C\c3ccc(-c4cccc(N)c4)o3)C(=O)N2C)cc1. The number of aryl methyl sites for hydroxylation is 1. The number of benzene rings is 2. The van der Waals surface area contributed by atoms with Crippen LogP contribution in [0.15, 0.2) is 75.0 Å². The molecule has 2 heterocycles. The van der Waals surface area contributed by atoms with Gasteiger partial charge in [-0.3, -0.25) is 9.69 Å². The number of thioether (sulfide) groups is 1. The van der Waals surface area contributed by atoms with E-state index in [-0.39, 0.29) is 5.91 Å². The summed E-state index contributed by atoms with van der Waals surface area (Å²) in [7, 11) is 1.73. The molecule has 4 rings (SSSR count). The highest BCUT2D eigenvalue weighted by Crippen LogP contribution is 2.34. The Morgan fingerprint density at radius 2 is 1.89 bits per heavy atom. The van der Waals surface area contributed by atoms with Crippen LogP contribution in [0.3, 0.4) is 0 Å². The van der Waals surface area contributed by atoms with E-state index in [1.165, 1.54) is 17.3 Å². The van der Waals surface area contributed by atoms with E-state index in [0.29, 0.717) is 27.3 Å². The third-order valence-electron chi connectivity index (χ3n) is 4.33. The maximum absolute atomic E-state index is 12.6. The average molecular weight is 389 g/mol. The summed E-state index contributed by atoms with van der Waals surface area (Å²) in [5.41, 5.74) is 9.39. The van der Waals surface area contributed by atoms with Gasteiger partial charge in [-0.05, 0) is 55.1 Å². The summed E-state index contributed by atoms with van der Waals surface area (Å²) in [4.78, 5) is 19.3. The summed E-state index contributed by atoms with van der Waals surface area (Å²) in [6, 6.07) is 19.1. The van der Waals surface area contributed by atoms with Gasteiger partial charge in [0.2, 0.25) is 0 Å². The number of aliphatic imine (C=N–C) groups is 1. The predicted molar refractivity (Wildman–Crippen MR) is 115 cm³/mol. The number of nitrogen functional groups attached to an aromatic ring is 1. The van der Waals surface area contributed by atoms with Gasteiger partial charge in [-0.2, -0.15) is 0 Å². The van der Waals surface area contributed by atoms with Crippen molar-refractivity contribution in [3.63, 3.8) is 0 Å². The first-order valence-corrected chi connectivity index (χ1v) is 9.60. The van der Waals surface area contributed by atoms with Crippen LogP contribution in [0.1, 0.15) is 11.3 Å². The van der Waals surface area contributed by atoms with Crippen LogP contribution < -0.4 is 5.73 Å². The van der Waals surface area contributed by atoms with Gasteiger partial charge in [0.15, 0.2) is 5.17 Å². The molecule has 3 aromatic rings. The molecular weight excluding hydrogens is 370 g/mol. The van der Waals surface area contributed by atoms with E-state index in [2.05, 4.69) is 4.99 Å². The number of rotatable bonds is 3. The lowest BCUT2D eigenvalue weighted by molar-refractivity contribution is -0.121. The summed E-state index contributed by atoms with van der Waals surface area (Å²) in [6.45, 7) is 2.03. The lowest BCUT2D eigenvalue weighted by atomic mass is 10.1. The quantitative estimate of drug-likeness (QED) is 0.501. The maximum atomic E-state index is 12.6. The van der Waals surface area contributed by atoms with Gasteiger partial charge in [0.05, 0.1) is 10.6 Å². The smallest absolute Gasteiger partial charge is 0.266 e. The van der Waals surface area contributed by atoms with E-state index in [1.807, 2.05) is 67.6 Å². The number of nitrogens with two attached hydrogens (primary N) is 1. The molecule has 0 bridgehead atoms. The summed E-state index contributed by atoms with van der Waals surface area (Å²) in [5, 5.41) is 0.641. The lowest BCUT2D eigenvalue weighted by Gasteiger charge is -2.07. The number of likely N-dealkylation sites (N-methyl/N-ethyl adjacent to an activating group) is 1. The van der Waals surface area contributed by atoms with E-state index in [4.69, 9.17) is 10.2 Å². The van der Waals surface area contributed by atoms with Crippen molar-refractivity contribution >= 4 is 40.3 Å². The molecule has 28 heavy (non-hydrogen) atoms. The van der Waals surface area contributed by atoms with Crippen molar-refractivity contribution in [2.24, 2.45) is 4.99 Å². The lowest BCUT2D eigenvalue weighted by Crippen LogP contribution is -2.23. The maximum Gasteiger partial charge on any atom is 0.266 e. The van der Waals surface area contributed by atoms with Gasteiger partial charge in [0.25, 0.3) is 5.91 Å². The molecule has 0 spiro atoms. The monoisotopic (exact) mass is 389 g/mol. The number of hydrogen-bond donors (Lipinski definition) is 1. The zero-order valence-electron chi connectivity index (χ0n) is 15.5. The Bertz CT molecular complexity index is 1100. The van der Waals surface area contributed by atoms with Crippen molar-refractivity contribution < 1.29 is 9.21 Å². The fraction of sp³-hybridized carbons (Fsp3) is 0.0909. The van der Waals surface area contributed by atoms with Crippen LogP contribution in [0.5, 0.6) is 0 Å². The molecule has 6 heteroatoms. The first kappa shape index (κ1) is 18.1. The zero-order chi connectivity index (χ0) is 19.7. The molecule has 1 amide bonds. The second-order valence-corrected chi connectivity index (χ2v) is 7.54. The third-order valence-corrected chi connectivity index (χ3v) is 5.39. The van der Waals surface area contributed by atoms with Gasteiger partial charge in [0, 0.05) is 24.4 Å². The van der Waals surface area contributed by atoms with Crippen LogP contribution in [0.2, 0.25) is 0 Å². The first-order valence-electron chi connectivity index (χ1n) is 8.78. The Balaban J connectivity index is 1.58. The average Bonchev–Trinajstić information content (AvgIpc) is 3.25. The highest BCUT2D eigenvalue weighted by atomic mass is 32.2. The second-order valence-electron chi connectivity index (χ2n) is 6.53. The molecule has 1 aromatic heterocycles. The molecule has 1 saturated heterocycles. The largest absolute Gasteiger partial charge is 0.457 e. The molecular formula is C22H19N3O2S. The van der Waals surface area contributed by atoms with Gasteiger partial charge in [0.1, 0.15) is 11.5 Å². The normalized spacial score (nSPS) is 17.1. The Hall–Kier alpha value is -3.25. The minimum atomic E-state index is -0.0993. The van der Waals surface area contributed by atoms with E-state index in [0.717, 1.165) is 11.3 Å². The van der Waals surface area contributed by atoms with E-state index in [1.54, 1.807) is 18.0 Å². The van der Waals surface area contributed by atoms with Gasteiger partial charge >= 0.3 is 0 Å². The molecule has 1 aliphatic rings. The van der Waals surface area contributed by atoms with Gasteiger partial charge in [-0.1, -0.05) is 29.8 Å².